The average molecular weight is 736 g/mol. The van der Waals surface area contributed by atoms with Crippen molar-refractivity contribution in [1.82, 2.24) is 5.32 Å². The summed E-state index contributed by atoms with van der Waals surface area (Å²) in [6.45, 7) is 3.58. The minimum absolute atomic E-state index is 0.257. The molecule has 1 saturated carbocycles. The molecule has 13 nitrogen and oxygen atoms in total. The number of hydrogen-bond acceptors (Lipinski definition) is 11. The van der Waals surface area contributed by atoms with Crippen LogP contribution in [0.15, 0.2) is 36.5 Å². The fourth-order valence-corrected chi connectivity index (χ4v) is 6.53. The summed E-state index contributed by atoms with van der Waals surface area (Å²) >= 11 is 0. The van der Waals surface area contributed by atoms with Crippen LogP contribution in [-0.2, 0) is 18.4 Å². The molecule has 0 aromatic rings. The zero-order valence-corrected chi connectivity index (χ0v) is 30.9. The first-order valence-corrected chi connectivity index (χ1v) is 20.0. The van der Waals surface area contributed by atoms with Gasteiger partial charge in [-0.05, 0) is 44.9 Å². The molecular weight excluding hydrogens is 669 g/mol. The van der Waals surface area contributed by atoms with Gasteiger partial charge in [-0.2, -0.15) is 0 Å². The van der Waals surface area contributed by atoms with Gasteiger partial charge >= 0.3 is 7.82 Å². The van der Waals surface area contributed by atoms with Gasteiger partial charge in [-0.15, -0.1) is 0 Å². The second-order valence-electron chi connectivity index (χ2n) is 13.2. The highest BCUT2D eigenvalue weighted by Crippen LogP contribution is 2.47. The van der Waals surface area contributed by atoms with E-state index in [1.807, 2.05) is 6.08 Å². The number of aliphatic hydroxyl groups is 7. The van der Waals surface area contributed by atoms with Gasteiger partial charge in [0.15, 0.2) is 0 Å². The molecule has 0 aromatic carbocycles. The van der Waals surface area contributed by atoms with E-state index >= 15 is 0 Å². The number of carbonyl (C=O) groups excluding carboxylic acids is 1. The van der Waals surface area contributed by atoms with E-state index in [2.05, 4.69) is 37.4 Å². The molecule has 1 rings (SSSR count). The fourth-order valence-electron chi connectivity index (χ4n) is 5.56. The molecule has 14 heteroatoms. The molecule has 1 amide bonds. The quantitative estimate of drug-likeness (QED) is 0.0317. The van der Waals surface area contributed by atoms with Gasteiger partial charge in [-0.3, -0.25) is 13.8 Å². The van der Waals surface area contributed by atoms with E-state index in [1.54, 1.807) is 6.08 Å². The fraction of sp³-hybridized carbons (Fsp3) is 0.806. The Kier molecular flexibility index (Phi) is 25.3. The molecule has 8 atom stereocenters. The first kappa shape index (κ1) is 46.5. The standard InChI is InChI=1S/C36H66NO12P/c1-3-5-7-9-11-12-13-14-15-16-18-20-22-24-29(39)28(37-30(40)25-27(38)23-21-19-17-10-8-6-4-2)26-48-50(46,47)49-36-34(44)32(42)31(41)33(43)35(36)45/h11-12,15-16,22,24,27-29,31-36,38-39,41-45H,3-10,13-14,17-21,23,25-26H2,1-2H3,(H,37,40)(H,46,47)/b12-11+,16-15+,24-22+. The molecule has 0 aromatic heterocycles. The van der Waals surface area contributed by atoms with Crippen molar-refractivity contribution in [3.05, 3.63) is 36.5 Å². The van der Waals surface area contributed by atoms with Crippen LogP contribution < -0.4 is 5.32 Å². The van der Waals surface area contributed by atoms with Crippen molar-refractivity contribution in [2.24, 2.45) is 0 Å². The van der Waals surface area contributed by atoms with Crippen molar-refractivity contribution in [2.45, 2.75) is 178 Å². The molecule has 8 unspecified atom stereocenters. The Balaban J connectivity index is 2.74. The smallest absolute Gasteiger partial charge is 0.393 e. The molecule has 0 bridgehead atoms. The minimum Gasteiger partial charge on any atom is -0.393 e. The molecule has 0 radical (unpaired) electrons. The SMILES string of the molecule is CCCCC/C=C/CC/C=C/CC/C=C/C(O)C(COP(=O)(O)OC1C(O)C(O)C(O)C(O)C1O)NC(=O)CC(O)CCCCCCCCC. The van der Waals surface area contributed by atoms with Crippen LogP contribution >= 0.6 is 7.82 Å². The predicted octanol–water partition coefficient (Wildman–Crippen LogP) is 3.85. The summed E-state index contributed by atoms with van der Waals surface area (Å²) in [5, 5.41) is 73.7. The lowest BCUT2D eigenvalue weighted by Gasteiger charge is -2.41. The predicted molar refractivity (Wildman–Crippen MR) is 192 cm³/mol. The minimum atomic E-state index is -5.14. The van der Waals surface area contributed by atoms with Crippen LogP contribution in [0.2, 0.25) is 0 Å². The van der Waals surface area contributed by atoms with Gasteiger partial charge in [0.1, 0.15) is 36.6 Å². The van der Waals surface area contributed by atoms with Crippen LogP contribution in [0.25, 0.3) is 0 Å². The number of amides is 1. The molecule has 1 aliphatic rings. The lowest BCUT2D eigenvalue weighted by molar-refractivity contribution is -0.220. The van der Waals surface area contributed by atoms with Crippen LogP contribution in [0.4, 0.5) is 0 Å². The monoisotopic (exact) mass is 735 g/mol. The Morgan fingerprint density at radius 3 is 1.76 bits per heavy atom. The van der Waals surface area contributed by atoms with Crippen LogP contribution in [-0.4, -0.2) is 108 Å². The van der Waals surface area contributed by atoms with E-state index < -0.39 is 75.2 Å². The van der Waals surface area contributed by atoms with Gasteiger partial charge in [0.05, 0.1) is 31.3 Å². The topological polar surface area (TPSA) is 226 Å². The van der Waals surface area contributed by atoms with Gasteiger partial charge in [-0.1, -0.05) is 108 Å². The van der Waals surface area contributed by atoms with E-state index in [4.69, 9.17) is 9.05 Å². The zero-order chi connectivity index (χ0) is 37.4. The van der Waals surface area contributed by atoms with Crippen molar-refractivity contribution in [3.8, 4) is 0 Å². The zero-order valence-electron chi connectivity index (χ0n) is 30.0. The number of nitrogens with one attached hydrogen (secondary N) is 1. The number of phosphoric ester groups is 1. The van der Waals surface area contributed by atoms with Crippen molar-refractivity contribution in [3.63, 3.8) is 0 Å². The summed E-state index contributed by atoms with van der Waals surface area (Å²) in [4.78, 5) is 23.1. The van der Waals surface area contributed by atoms with E-state index in [0.717, 1.165) is 51.4 Å². The first-order valence-electron chi connectivity index (χ1n) is 18.5. The summed E-state index contributed by atoms with van der Waals surface area (Å²) in [6.07, 6.45) is 12.9. The highest BCUT2D eigenvalue weighted by molar-refractivity contribution is 7.47. The molecule has 9 N–H and O–H groups in total. The largest absolute Gasteiger partial charge is 0.472 e. The average Bonchev–Trinajstić information content (AvgIpc) is 3.08. The third-order valence-corrected chi connectivity index (χ3v) is 9.69. The molecule has 0 heterocycles. The summed E-state index contributed by atoms with van der Waals surface area (Å²) in [6, 6.07) is -1.26. The maximum Gasteiger partial charge on any atom is 0.472 e. The number of unbranched alkanes of at least 4 members (excludes halogenated alkanes) is 11. The maximum atomic E-state index is 12.8. The summed E-state index contributed by atoms with van der Waals surface area (Å²) in [7, 11) is -5.14. The Morgan fingerprint density at radius 2 is 1.18 bits per heavy atom. The number of hydrogen-bond donors (Lipinski definition) is 9. The number of allylic oxidation sites excluding steroid dienone is 5. The number of carbonyl (C=O) groups is 1. The van der Waals surface area contributed by atoms with Crippen LogP contribution in [0, 0.1) is 0 Å². The third kappa shape index (κ3) is 19.9. The summed E-state index contributed by atoms with van der Waals surface area (Å²) in [5.74, 6) is -0.615. The van der Waals surface area contributed by atoms with E-state index in [1.165, 1.54) is 38.2 Å². The number of phosphoric acid groups is 1. The number of aliphatic hydroxyl groups excluding tert-OH is 7. The third-order valence-electron chi connectivity index (χ3n) is 8.71. The highest BCUT2D eigenvalue weighted by Gasteiger charge is 2.51. The molecule has 0 spiro atoms. The van der Waals surface area contributed by atoms with Crippen LogP contribution in [0.3, 0.4) is 0 Å². The summed E-state index contributed by atoms with van der Waals surface area (Å²) in [5.41, 5.74) is 0. The van der Waals surface area contributed by atoms with Crippen LogP contribution in [0.5, 0.6) is 0 Å². The lowest BCUT2D eigenvalue weighted by atomic mass is 9.85. The van der Waals surface area contributed by atoms with E-state index in [9.17, 15) is 50.0 Å². The lowest BCUT2D eigenvalue weighted by Crippen LogP contribution is -2.64. The summed E-state index contributed by atoms with van der Waals surface area (Å²) < 4.78 is 22.6. The second-order valence-corrected chi connectivity index (χ2v) is 14.6. The van der Waals surface area contributed by atoms with Gasteiger partial charge < -0.3 is 46.0 Å². The van der Waals surface area contributed by atoms with Gasteiger partial charge in [0.25, 0.3) is 0 Å². The molecule has 0 aliphatic heterocycles. The van der Waals surface area contributed by atoms with Gasteiger partial charge in [-0.25, -0.2) is 4.57 Å². The Hall–Kier alpha value is -1.48. The molecule has 0 saturated heterocycles. The normalized spacial score (nSPS) is 26.0. The molecule has 1 fully saturated rings. The highest BCUT2D eigenvalue weighted by atomic mass is 31.2. The Labute approximate surface area is 298 Å². The molecule has 292 valence electrons. The Morgan fingerprint density at radius 1 is 0.700 bits per heavy atom. The second kappa shape index (κ2) is 27.2. The van der Waals surface area contributed by atoms with Crippen molar-refractivity contribution in [2.75, 3.05) is 6.61 Å². The first-order chi connectivity index (χ1) is 23.8. The maximum absolute atomic E-state index is 12.8. The Bertz CT molecular complexity index is 1010. The number of rotatable bonds is 28. The molecule has 1 aliphatic carbocycles. The van der Waals surface area contributed by atoms with E-state index in [0.29, 0.717) is 19.3 Å². The molecular formula is C36H66NO12P. The molecule has 50 heavy (non-hydrogen) atoms. The van der Waals surface area contributed by atoms with Crippen LogP contribution in [0.1, 0.15) is 123 Å². The van der Waals surface area contributed by atoms with Crippen molar-refractivity contribution < 1.29 is 59.0 Å². The van der Waals surface area contributed by atoms with Gasteiger partial charge in [0, 0.05) is 0 Å². The van der Waals surface area contributed by atoms with E-state index in [-0.39, 0.29) is 6.42 Å². The van der Waals surface area contributed by atoms with Crippen molar-refractivity contribution in [1.29, 1.82) is 0 Å². The van der Waals surface area contributed by atoms with Gasteiger partial charge in [0.2, 0.25) is 5.91 Å². The van der Waals surface area contributed by atoms with Crippen molar-refractivity contribution >= 4 is 13.7 Å².